The third-order valence-electron chi connectivity index (χ3n) is 2.50. The number of nitrogens with zero attached hydrogens (tertiary/aromatic N) is 2. The van der Waals surface area contributed by atoms with Gasteiger partial charge in [-0.3, -0.25) is 0 Å². The van der Waals surface area contributed by atoms with Crippen LogP contribution in [0.5, 0.6) is 17.4 Å². The molecule has 0 atom stereocenters. The van der Waals surface area contributed by atoms with Crippen LogP contribution in [0, 0.1) is 11.3 Å². The van der Waals surface area contributed by atoms with Crippen LogP contribution in [0.3, 0.4) is 0 Å². The molecule has 0 aliphatic rings. The lowest BCUT2D eigenvalue weighted by molar-refractivity contribution is 0.0693. The minimum Gasteiger partial charge on any atom is -0.493 e. The molecule has 1 N–H and O–H groups in total. The Hall–Kier alpha value is -3.07. The Balaban J connectivity index is 2.46. The zero-order valence-corrected chi connectivity index (χ0v) is 10.5. The Kier molecular flexibility index (Phi) is 3.82. The van der Waals surface area contributed by atoms with Gasteiger partial charge in [0.15, 0.2) is 11.5 Å². The van der Waals surface area contributed by atoms with Crippen LogP contribution in [-0.2, 0) is 0 Å². The average molecular weight is 270 g/mol. The normalized spacial score (nSPS) is 9.60. The van der Waals surface area contributed by atoms with E-state index in [1.165, 1.54) is 31.5 Å². The molecule has 0 fully saturated rings. The van der Waals surface area contributed by atoms with Crippen LogP contribution in [0.25, 0.3) is 0 Å². The summed E-state index contributed by atoms with van der Waals surface area (Å²) in [7, 11) is 1.41. The summed E-state index contributed by atoms with van der Waals surface area (Å²) in [5.74, 6) is -0.703. The van der Waals surface area contributed by atoms with Gasteiger partial charge in [0, 0.05) is 12.3 Å². The van der Waals surface area contributed by atoms with Crippen LogP contribution in [0.1, 0.15) is 15.9 Å². The molecule has 20 heavy (non-hydrogen) atoms. The first-order valence-corrected chi connectivity index (χ1v) is 5.60. The largest absolute Gasteiger partial charge is 0.493 e. The van der Waals surface area contributed by atoms with E-state index >= 15 is 0 Å². The lowest BCUT2D eigenvalue weighted by Gasteiger charge is -2.11. The Bertz CT molecular complexity index is 692. The molecule has 0 aliphatic carbocycles. The predicted octanol–water partition coefficient (Wildman–Crippen LogP) is 2.45. The van der Waals surface area contributed by atoms with Crippen LogP contribution < -0.4 is 9.47 Å². The number of pyridine rings is 1. The maximum Gasteiger partial charge on any atom is 0.339 e. The first kappa shape index (κ1) is 13.4. The van der Waals surface area contributed by atoms with Gasteiger partial charge in [-0.1, -0.05) is 6.07 Å². The van der Waals surface area contributed by atoms with Gasteiger partial charge in [0.2, 0.25) is 5.88 Å². The van der Waals surface area contributed by atoms with E-state index in [0.717, 1.165) is 0 Å². The van der Waals surface area contributed by atoms with E-state index in [1.54, 1.807) is 12.1 Å². The highest BCUT2D eigenvalue weighted by Crippen LogP contribution is 2.34. The van der Waals surface area contributed by atoms with E-state index in [1.807, 2.05) is 6.07 Å². The van der Waals surface area contributed by atoms with Crippen molar-refractivity contribution in [2.24, 2.45) is 0 Å². The van der Waals surface area contributed by atoms with Gasteiger partial charge in [-0.25, -0.2) is 9.78 Å². The molecule has 0 saturated carbocycles. The summed E-state index contributed by atoms with van der Waals surface area (Å²) >= 11 is 0. The highest BCUT2D eigenvalue weighted by molar-refractivity contribution is 5.92. The summed E-state index contributed by atoms with van der Waals surface area (Å²) in [4.78, 5) is 15.1. The van der Waals surface area contributed by atoms with Crippen molar-refractivity contribution < 1.29 is 19.4 Å². The highest BCUT2D eigenvalue weighted by Gasteiger charge is 2.17. The summed E-state index contributed by atoms with van der Waals surface area (Å²) in [6, 6.07) is 9.41. The molecular weight excluding hydrogens is 260 g/mol. The summed E-state index contributed by atoms with van der Waals surface area (Å²) in [6.45, 7) is 0. The summed E-state index contributed by atoms with van der Waals surface area (Å²) in [5.41, 5.74) is 0.315. The molecule has 1 aromatic carbocycles. The molecule has 6 nitrogen and oxygen atoms in total. The molecule has 0 aliphatic heterocycles. The van der Waals surface area contributed by atoms with Crippen LogP contribution >= 0.6 is 0 Å². The monoisotopic (exact) mass is 270 g/mol. The van der Waals surface area contributed by atoms with E-state index in [-0.39, 0.29) is 22.9 Å². The number of methoxy groups -OCH3 is 1. The molecule has 100 valence electrons. The number of hydrogen-bond acceptors (Lipinski definition) is 5. The van der Waals surface area contributed by atoms with Gasteiger partial charge in [-0.05, 0) is 18.2 Å². The molecule has 2 aromatic rings. The quantitative estimate of drug-likeness (QED) is 0.917. The summed E-state index contributed by atoms with van der Waals surface area (Å²) in [6.07, 6.45) is 1.41. The second-order valence-electron chi connectivity index (χ2n) is 3.74. The molecule has 2 rings (SSSR count). The molecule has 1 aromatic heterocycles. The van der Waals surface area contributed by atoms with Gasteiger partial charge in [0.25, 0.3) is 0 Å². The lowest BCUT2D eigenvalue weighted by atomic mass is 10.2. The number of para-hydroxylation sites is 1. The van der Waals surface area contributed by atoms with Crippen LogP contribution in [0.2, 0.25) is 0 Å². The number of hydrogen-bond donors (Lipinski definition) is 1. The number of ether oxygens (including phenoxy) is 2. The maximum atomic E-state index is 11.2. The first-order chi connectivity index (χ1) is 9.65. The van der Waals surface area contributed by atoms with Crippen molar-refractivity contribution >= 4 is 5.97 Å². The Morgan fingerprint density at radius 2 is 2.20 bits per heavy atom. The first-order valence-electron chi connectivity index (χ1n) is 5.60. The van der Waals surface area contributed by atoms with Crippen LogP contribution in [0.4, 0.5) is 0 Å². The molecule has 6 heteroatoms. The molecule has 0 bridgehead atoms. The molecule has 0 amide bonds. The second kappa shape index (κ2) is 5.71. The van der Waals surface area contributed by atoms with Gasteiger partial charge in [0.1, 0.15) is 5.56 Å². The number of carboxylic acids is 1. The second-order valence-corrected chi connectivity index (χ2v) is 3.74. The van der Waals surface area contributed by atoms with Gasteiger partial charge in [0.05, 0.1) is 18.7 Å². The van der Waals surface area contributed by atoms with E-state index in [2.05, 4.69) is 4.98 Å². The number of benzene rings is 1. The zero-order valence-electron chi connectivity index (χ0n) is 10.5. The number of carboxylic acid groups (broad SMARTS) is 1. The minimum atomic E-state index is -1.14. The van der Waals surface area contributed by atoms with Crippen LogP contribution in [0.15, 0.2) is 36.5 Å². The molecule has 0 radical (unpaired) electrons. The number of aromatic nitrogens is 1. The van der Waals surface area contributed by atoms with Crippen molar-refractivity contribution in [3.05, 3.63) is 47.7 Å². The minimum absolute atomic E-state index is 0.0464. The highest BCUT2D eigenvalue weighted by atomic mass is 16.5. The Labute approximate surface area is 114 Å². The van der Waals surface area contributed by atoms with Gasteiger partial charge < -0.3 is 14.6 Å². The Morgan fingerprint density at radius 1 is 1.40 bits per heavy atom. The van der Waals surface area contributed by atoms with Gasteiger partial charge in [-0.2, -0.15) is 5.26 Å². The van der Waals surface area contributed by atoms with Crippen molar-refractivity contribution in [2.45, 2.75) is 0 Å². The smallest absolute Gasteiger partial charge is 0.339 e. The van der Waals surface area contributed by atoms with E-state index in [0.29, 0.717) is 5.56 Å². The molecule has 0 unspecified atom stereocenters. The van der Waals surface area contributed by atoms with Crippen molar-refractivity contribution in [1.82, 2.24) is 4.98 Å². The third kappa shape index (κ3) is 2.67. The number of nitriles is 1. The van der Waals surface area contributed by atoms with E-state index < -0.39 is 5.97 Å². The lowest BCUT2D eigenvalue weighted by Crippen LogP contribution is -2.02. The predicted molar refractivity (Wildman–Crippen MR) is 69.0 cm³/mol. The van der Waals surface area contributed by atoms with Gasteiger partial charge >= 0.3 is 5.97 Å². The SMILES string of the molecule is COc1cccc(C(=O)O)c1Oc1cc(C#N)ccn1. The fraction of sp³-hybridized carbons (Fsp3) is 0.0714. The molecule has 0 spiro atoms. The fourth-order valence-corrected chi connectivity index (χ4v) is 1.59. The molecular formula is C14H10N2O4. The van der Waals surface area contributed by atoms with Crippen LogP contribution in [-0.4, -0.2) is 23.2 Å². The van der Waals surface area contributed by atoms with Crippen molar-refractivity contribution in [3.8, 4) is 23.4 Å². The molecule has 1 heterocycles. The summed E-state index contributed by atoms with van der Waals surface area (Å²) in [5, 5.41) is 18.0. The average Bonchev–Trinajstić information content (AvgIpc) is 2.47. The number of rotatable bonds is 4. The zero-order chi connectivity index (χ0) is 14.5. The van der Waals surface area contributed by atoms with E-state index in [4.69, 9.17) is 19.8 Å². The number of aromatic carboxylic acids is 1. The van der Waals surface area contributed by atoms with E-state index in [9.17, 15) is 4.79 Å². The third-order valence-corrected chi connectivity index (χ3v) is 2.50. The maximum absolute atomic E-state index is 11.2. The summed E-state index contributed by atoms with van der Waals surface area (Å²) < 4.78 is 10.6. The number of carbonyl (C=O) groups is 1. The standard InChI is InChI=1S/C14H10N2O4/c1-19-11-4-2-3-10(14(17)18)13(11)20-12-7-9(8-15)5-6-16-12/h2-7H,1H3,(H,17,18). The fourth-order valence-electron chi connectivity index (χ4n) is 1.59. The van der Waals surface area contributed by atoms with Gasteiger partial charge in [-0.15, -0.1) is 0 Å². The topological polar surface area (TPSA) is 92.4 Å². The van der Waals surface area contributed by atoms with Crippen molar-refractivity contribution in [2.75, 3.05) is 7.11 Å². The van der Waals surface area contributed by atoms with Crippen molar-refractivity contribution in [1.29, 1.82) is 5.26 Å². The van der Waals surface area contributed by atoms with Crippen molar-refractivity contribution in [3.63, 3.8) is 0 Å². The molecule has 0 saturated heterocycles. The Morgan fingerprint density at radius 3 is 2.85 bits per heavy atom.